The first-order valence-electron chi connectivity index (χ1n) is 6.03. The van der Waals surface area contributed by atoms with E-state index >= 15 is 0 Å². The maximum Gasteiger partial charge on any atom is 0.248 e. The molecular weight excluding hydrogens is 338 g/mol. The van der Waals surface area contributed by atoms with Crippen LogP contribution in [0.4, 0.5) is 5.69 Å². The SMILES string of the molecule is CN1C(=O)C(N)c2ccc(Sc3ccc(Br)cn3)cc21. The molecule has 1 aliphatic heterocycles. The third-order valence-corrected chi connectivity index (χ3v) is 4.63. The Labute approximate surface area is 129 Å². The monoisotopic (exact) mass is 349 g/mol. The van der Waals surface area contributed by atoms with Gasteiger partial charge in [-0.05, 0) is 40.2 Å². The van der Waals surface area contributed by atoms with Gasteiger partial charge in [0.1, 0.15) is 11.1 Å². The number of hydrogen-bond donors (Lipinski definition) is 1. The Morgan fingerprint density at radius 3 is 2.85 bits per heavy atom. The average Bonchev–Trinajstić information content (AvgIpc) is 2.66. The van der Waals surface area contributed by atoms with E-state index in [0.29, 0.717) is 0 Å². The highest BCUT2D eigenvalue weighted by Gasteiger charge is 2.32. The van der Waals surface area contributed by atoms with Crippen molar-refractivity contribution in [2.24, 2.45) is 5.73 Å². The average molecular weight is 350 g/mol. The Morgan fingerprint density at radius 2 is 2.15 bits per heavy atom. The first-order valence-corrected chi connectivity index (χ1v) is 7.64. The third-order valence-electron chi connectivity index (χ3n) is 3.22. The number of fused-ring (bicyclic) bond motifs is 1. The molecule has 0 spiro atoms. The van der Waals surface area contributed by atoms with E-state index in [1.54, 1.807) is 29.9 Å². The van der Waals surface area contributed by atoms with E-state index in [-0.39, 0.29) is 5.91 Å². The van der Waals surface area contributed by atoms with E-state index in [1.807, 2.05) is 30.3 Å². The van der Waals surface area contributed by atoms with E-state index in [9.17, 15) is 4.79 Å². The molecule has 0 aliphatic carbocycles. The van der Waals surface area contributed by atoms with Crippen LogP contribution in [0.2, 0.25) is 0 Å². The number of halogens is 1. The molecule has 0 fully saturated rings. The number of amides is 1. The fourth-order valence-electron chi connectivity index (χ4n) is 2.14. The van der Waals surface area contributed by atoms with Crippen LogP contribution in [0.1, 0.15) is 11.6 Å². The maximum atomic E-state index is 11.8. The largest absolute Gasteiger partial charge is 0.316 e. The van der Waals surface area contributed by atoms with Crippen LogP contribution in [0.25, 0.3) is 0 Å². The molecule has 6 heteroatoms. The summed E-state index contributed by atoms with van der Waals surface area (Å²) in [5.74, 6) is -0.0658. The van der Waals surface area contributed by atoms with Crippen molar-refractivity contribution in [3.8, 4) is 0 Å². The molecule has 2 heterocycles. The summed E-state index contributed by atoms with van der Waals surface area (Å²) in [5, 5.41) is 0.907. The molecule has 1 aromatic carbocycles. The molecule has 20 heavy (non-hydrogen) atoms. The van der Waals surface area contributed by atoms with E-state index in [2.05, 4.69) is 20.9 Å². The van der Waals surface area contributed by atoms with Gasteiger partial charge < -0.3 is 10.6 Å². The number of aromatic nitrogens is 1. The summed E-state index contributed by atoms with van der Waals surface area (Å²) in [6, 6.07) is 9.23. The molecule has 1 aliphatic rings. The molecule has 102 valence electrons. The molecule has 0 saturated heterocycles. The van der Waals surface area contributed by atoms with Crippen LogP contribution >= 0.6 is 27.7 Å². The topological polar surface area (TPSA) is 59.2 Å². The summed E-state index contributed by atoms with van der Waals surface area (Å²) >= 11 is 4.92. The van der Waals surface area contributed by atoms with Gasteiger partial charge in [-0.2, -0.15) is 0 Å². The molecule has 0 saturated carbocycles. The number of carbonyl (C=O) groups is 1. The quantitative estimate of drug-likeness (QED) is 0.905. The van der Waals surface area contributed by atoms with E-state index < -0.39 is 6.04 Å². The third kappa shape index (κ3) is 2.34. The van der Waals surface area contributed by atoms with Gasteiger partial charge in [-0.25, -0.2) is 4.98 Å². The summed E-state index contributed by atoms with van der Waals surface area (Å²) in [4.78, 5) is 18.8. The zero-order valence-electron chi connectivity index (χ0n) is 10.7. The molecular formula is C14H12BrN3OS. The van der Waals surface area contributed by atoms with Crippen molar-refractivity contribution < 1.29 is 4.79 Å². The molecule has 1 amide bonds. The number of rotatable bonds is 2. The molecule has 0 radical (unpaired) electrons. The minimum atomic E-state index is -0.542. The molecule has 1 unspecified atom stereocenters. The second-order valence-electron chi connectivity index (χ2n) is 4.51. The van der Waals surface area contributed by atoms with Crippen molar-refractivity contribution in [1.82, 2.24) is 4.98 Å². The normalized spacial score (nSPS) is 17.4. The number of carbonyl (C=O) groups excluding carboxylic acids is 1. The van der Waals surface area contributed by atoms with Gasteiger partial charge in [-0.3, -0.25) is 4.79 Å². The van der Waals surface area contributed by atoms with Crippen LogP contribution < -0.4 is 10.6 Å². The summed E-state index contributed by atoms with van der Waals surface area (Å²) < 4.78 is 0.951. The highest BCUT2D eigenvalue weighted by Crippen LogP contribution is 2.37. The van der Waals surface area contributed by atoms with Crippen LogP contribution in [0, 0.1) is 0 Å². The smallest absolute Gasteiger partial charge is 0.248 e. The number of hydrogen-bond acceptors (Lipinski definition) is 4. The van der Waals surface area contributed by atoms with Crippen LogP contribution in [0.15, 0.2) is 50.9 Å². The van der Waals surface area contributed by atoms with Crippen molar-refractivity contribution in [1.29, 1.82) is 0 Å². The number of benzene rings is 1. The lowest BCUT2D eigenvalue weighted by atomic mass is 10.1. The van der Waals surface area contributed by atoms with E-state index in [0.717, 1.165) is 25.6 Å². The second kappa shape index (κ2) is 5.20. The predicted molar refractivity (Wildman–Crippen MR) is 82.8 cm³/mol. The number of anilines is 1. The molecule has 2 aromatic rings. The first kappa shape index (κ1) is 13.6. The van der Waals surface area contributed by atoms with Gasteiger partial charge >= 0.3 is 0 Å². The van der Waals surface area contributed by atoms with Crippen molar-refractivity contribution in [3.05, 3.63) is 46.6 Å². The lowest BCUT2D eigenvalue weighted by Gasteiger charge is -2.10. The van der Waals surface area contributed by atoms with E-state index in [1.165, 1.54) is 0 Å². The van der Waals surface area contributed by atoms with Gasteiger partial charge in [-0.1, -0.05) is 17.8 Å². The van der Waals surface area contributed by atoms with Crippen molar-refractivity contribution in [3.63, 3.8) is 0 Å². The lowest BCUT2D eigenvalue weighted by Crippen LogP contribution is -2.27. The van der Waals surface area contributed by atoms with Crippen molar-refractivity contribution >= 4 is 39.3 Å². The van der Waals surface area contributed by atoms with Crippen molar-refractivity contribution in [2.75, 3.05) is 11.9 Å². The van der Waals surface area contributed by atoms with Gasteiger partial charge in [-0.15, -0.1) is 0 Å². The van der Waals surface area contributed by atoms with Gasteiger partial charge in [0.15, 0.2) is 0 Å². The summed E-state index contributed by atoms with van der Waals surface area (Å²) in [6.45, 7) is 0. The Kier molecular flexibility index (Phi) is 3.54. The van der Waals surface area contributed by atoms with Crippen LogP contribution in [-0.4, -0.2) is 17.9 Å². The van der Waals surface area contributed by atoms with Gasteiger partial charge in [0.05, 0.1) is 0 Å². The predicted octanol–water partition coefficient (Wildman–Crippen LogP) is 2.97. The minimum absolute atomic E-state index is 0.0658. The molecule has 1 aromatic heterocycles. The van der Waals surface area contributed by atoms with Crippen LogP contribution in [0.3, 0.4) is 0 Å². The molecule has 2 N–H and O–H groups in total. The highest BCUT2D eigenvalue weighted by atomic mass is 79.9. The zero-order valence-corrected chi connectivity index (χ0v) is 13.1. The van der Waals surface area contributed by atoms with Gasteiger partial charge in [0.2, 0.25) is 5.91 Å². The van der Waals surface area contributed by atoms with Gasteiger partial charge in [0.25, 0.3) is 0 Å². The summed E-state index contributed by atoms with van der Waals surface area (Å²) in [7, 11) is 1.75. The fourth-order valence-corrected chi connectivity index (χ4v) is 3.17. The summed E-state index contributed by atoms with van der Waals surface area (Å²) in [6.07, 6.45) is 1.77. The molecule has 4 nitrogen and oxygen atoms in total. The Hall–Kier alpha value is -1.37. The van der Waals surface area contributed by atoms with Crippen molar-refractivity contribution in [2.45, 2.75) is 16.0 Å². The number of likely N-dealkylation sites (N-methyl/N-ethyl adjacent to an activating group) is 1. The first-order chi connectivity index (χ1) is 9.56. The maximum absolute atomic E-state index is 11.8. The van der Waals surface area contributed by atoms with Gasteiger partial charge in [0, 0.05) is 33.9 Å². The standard InChI is InChI=1S/C14H12BrN3OS/c1-18-11-6-9(3-4-10(11)13(16)14(18)19)20-12-5-2-8(15)7-17-12/h2-7,13H,16H2,1H3. The lowest BCUT2D eigenvalue weighted by molar-refractivity contribution is -0.118. The second-order valence-corrected chi connectivity index (χ2v) is 6.52. The number of nitrogens with zero attached hydrogens (tertiary/aromatic N) is 2. The van der Waals surface area contributed by atoms with Crippen LogP contribution in [0.5, 0.6) is 0 Å². The molecule has 0 bridgehead atoms. The molecule has 3 rings (SSSR count). The fraction of sp³-hybridized carbons (Fsp3) is 0.143. The van der Waals surface area contributed by atoms with E-state index in [4.69, 9.17) is 5.73 Å². The Balaban J connectivity index is 1.90. The number of nitrogens with two attached hydrogens (primary N) is 1. The Morgan fingerprint density at radius 1 is 1.35 bits per heavy atom. The minimum Gasteiger partial charge on any atom is -0.316 e. The number of pyridine rings is 1. The zero-order chi connectivity index (χ0) is 14.3. The summed E-state index contributed by atoms with van der Waals surface area (Å²) in [5.41, 5.74) is 7.64. The Bertz CT molecular complexity index is 675. The van der Waals surface area contributed by atoms with Crippen LogP contribution in [-0.2, 0) is 4.79 Å². The molecule has 1 atom stereocenters. The highest BCUT2D eigenvalue weighted by molar-refractivity contribution is 9.10.